The fourth-order valence-electron chi connectivity index (χ4n) is 2.48. The molecule has 3 atom stereocenters. The number of halogens is 1. The fourth-order valence-corrected chi connectivity index (χ4v) is 2.48. The van der Waals surface area contributed by atoms with E-state index in [2.05, 4.69) is 0 Å². The van der Waals surface area contributed by atoms with Gasteiger partial charge in [0.15, 0.2) is 0 Å². The van der Waals surface area contributed by atoms with Gasteiger partial charge < -0.3 is 14.7 Å². The Bertz CT molecular complexity index is 463. The Morgan fingerprint density at radius 3 is 2.75 bits per heavy atom. The molecule has 0 heterocycles. The lowest BCUT2D eigenvalue weighted by Gasteiger charge is -2.20. The van der Waals surface area contributed by atoms with E-state index in [1.807, 2.05) is 0 Å². The molecule has 5 heteroatoms. The third kappa shape index (κ3) is 3.55. The van der Waals surface area contributed by atoms with E-state index in [4.69, 9.17) is 4.74 Å². The monoisotopic (exact) mass is 281 g/mol. The molecule has 0 radical (unpaired) electrons. The van der Waals surface area contributed by atoms with E-state index < -0.39 is 6.10 Å². The van der Waals surface area contributed by atoms with E-state index in [9.17, 15) is 14.3 Å². The number of ether oxygens (including phenoxy) is 1. The number of carbonyl (C=O) groups excluding carboxylic acids is 1. The van der Waals surface area contributed by atoms with Crippen LogP contribution in [-0.2, 0) is 9.53 Å². The SMILES string of the molecule is COCC(O)CN(C)C(=O)C1CC1c1ccc(F)cc1. The van der Waals surface area contributed by atoms with Gasteiger partial charge in [0.1, 0.15) is 5.82 Å². The van der Waals surface area contributed by atoms with Crippen LogP contribution < -0.4 is 0 Å². The van der Waals surface area contributed by atoms with Gasteiger partial charge in [-0.2, -0.15) is 0 Å². The van der Waals surface area contributed by atoms with Crippen molar-refractivity contribution in [2.45, 2.75) is 18.4 Å². The second-order valence-electron chi connectivity index (χ2n) is 5.33. The fraction of sp³-hybridized carbons (Fsp3) is 0.533. The minimum Gasteiger partial charge on any atom is -0.389 e. The Hall–Kier alpha value is -1.46. The number of rotatable bonds is 6. The maximum absolute atomic E-state index is 12.9. The Labute approximate surface area is 118 Å². The number of hydrogen-bond donors (Lipinski definition) is 1. The Morgan fingerprint density at radius 1 is 1.50 bits per heavy atom. The highest BCUT2D eigenvalue weighted by atomic mass is 19.1. The third-order valence-corrected chi connectivity index (χ3v) is 3.63. The molecule has 2 rings (SSSR count). The number of amides is 1. The topological polar surface area (TPSA) is 49.8 Å². The van der Waals surface area contributed by atoms with Gasteiger partial charge in [-0.25, -0.2) is 4.39 Å². The standard InChI is InChI=1S/C15H20FNO3/c1-17(8-12(18)9-20-2)15(19)14-7-13(14)10-3-5-11(16)6-4-10/h3-6,12-14,18H,7-9H2,1-2H3. The zero-order valence-electron chi connectivity index (χ0n) is 11.8. The number of hydrogen-bond acceptors (Lipinski definition) is 3. The lowest BCUT2D eigenvalue weighted by atomic mass is 10.1. The number of carbonyl (C=O) groups is 1. The molecule has 110 valence electrons. The number of aliphatic hydroxyl groups excluding tert-OH is 1. The summed E-state index contributed by atoms with van der Waals surface area (Å²) in [5.74, 6) is -0.128. The molecule has 0 bridgehead atoms. The number of nitrogens with zero attached hydrogens (tertiary/aromatic N) is 1. The number of methoxy groups -OCH3 is 1. The molecule has 1 aliphatic rings. The van der Waals surface area contributed by atoms with Gasteiger partial charge in [0.25, 0.3) is 0 Å². The number of likely N-dealkylation sites (N-methyl/N-ethyl adjacent to an activating group) is 1. The van der Waals surface area contributed by atoms with Gasteiger partial charge >= 0.3 is 0 Å². The van der Waals surface area contributed by atoms with Crippen LogP contribution in [0.15, 0.2) is 24.3 Å². The third-order valence-electron chi connectivity index (χ3n) is 3.63. The summed E-state index contributed by atoms with van der Waals surface area (Å²) in [5.41, 5.74) is 0.996. The summed E-state index contributed by atoms with van der Waals surface area (Å²) in [6.07, 6.45) is 0.117. The van der Waals surface area contributed by atoms with Crippen molar-refractivity contribution in [3.63, 3.8) is 0 Å². The molecule has 1 aliphatic carbocycles. The molecule has 20 heavy (non-hydrogen) atoms. The van der Waals surface area contributed by atoms with Crippen LogP contribution in [0.4, 0.5) is 4.39 Å². The molecule has 4 nitrogen and oxygen atoms in total. The maximum atomic E-state index is 12.9. The van der Waals surface area contributed by atoms with E-state index in [1.54, 1.807) is 19.2 Å². The van der Waals surface area contributed by atoms with Crippen LogP contribution in [0.3, 0.4) is 0 Å². The zero-order chi connectivity index (χ0) is 14.7. The van der Waals surface area contributed by atoms with Crippen molar-refractivity contribution in [3.05, 3.63) is 35.6 Å². The zero-order valence-corrected chi connectivity index (χ0v) is 11.8. The summed E-state index contributed by atoms with van der Waals surface area (Å²) in [4.78, 5) is 13.7. The molecule has 1 amide bonds. The predicted octanol–water partition coefficient (Wildman–Crippen LogP) is 1.39. The van der Waals surface area contributed by atoms with Crippen LogP contribution in [0.5, 0.6) is 0 Å². The van der Waals surface area contributed by atoms with Crippen molar-refractivity contribution in [1.29, 1.82) is 0 Å². The first-order valence-corrected chi connectivity index (χ1v) is 6.70. The molecular formula is C15H20FNO3. The first-order valence-electron chi connectivity index (χ1n) is 6.70. The summed E-state index contributed by atoms with van der Waals surface area (Å²) in [6.45, 7) is 0.475. The molecule has 0 aromatic heterocycles. The molecule has 0 aliphatic heterocycles. The molecule has 1 saturated carbocycles. The Balaban J connectivity index is 1.87. The van der Waals surface area contributed by atoms with Crippen molar-refractivity contribution in [2.24, 2.45) is 5.92 Å². The van der Waals surface area contributed by atoms with Crippen molar-refractivity contribution in [3.8, 4) is 0 Å². The summed E-state index contributed by atoms with van der Waals surface area (Å²) < 4.78 is 17.7. The highest BCUT2D eigenvalue weighted by Crippen LogP contribution is 2.48. The van der Waals surface area contributed by atoms with Gasteiger partial charge in [-0.1, -0.05) is 12.1 Å². The Morgan fingerprint density at radius 2 is 2.15 bits per heavy atom. The predicted molar refractivity (Wildman–Crippen MR) is 72.8 cm³/mol. The highest BCUT2D eigenvalue weighted by molar-refractivity contribution is 5.82. The molecule has 1 aromatic carbocycles. The smallest absolute Gasteiger partial charge is 0.226 e. The molecule has 0 saturated heterocycles. The number of benzene rings is 1. The van der Waals surface area contributed by atoms with E-state index in [0.29, 0.717) is 0 Å². The summed E-state index contributed by atoms with van der Waals surface area (Å²) >= 11 is 0. The second-order valence-corrected chi connectivity index (χ2v) is 5.33. The van der Waals surface area contributed by atoms with Gasteiger partial charge in [-0.3, -0.25) is 4.79 Å². The normalized spacial score (nSPS) is 22.4. The van der Waals surface area contributed by atoms with Crippen molar-refractivity contribution >= 4 is 5.91 Å². The van der Waals surface area contributed by atoms with Gasteiger partial charge in [0.05, 0.1) is 12.7 Å². The van der Waals surface area contributed by atoms with Crippen LogP contribution in [0.2, 0.25) is 0 Å². The Kier molecular flexibility index (Phi) is 4.73. The van der Waals surface area contributed by atoms with Gasteiger partial charge in [0, 0.05) is 26.6 Å². The highest BCUT2D eigenvalue weighted by Gasteiger charge is 2.45. The van der Waals surface area contributed by atoms with E-state index >= 15 is 0 Å². The van der Waals surface area contributed by atoms with E-state index in [0.717, 1.165) is 12.0 Å². The minimum atomic E-state index is -0.669. The van der Waals surface area contributed by atoms with E-state index in [-0.39, 0.29) is 36.7 Å². The molecule has 1 aromatic rings. The number of aliphatic hydroxyl groups is 1. The second kappa shape index (κ2) is 6.33. The lowest BCUT2D eigenvalue weighted by molar-refractivity contribution is -0.133. The van der Waals surface area contributed by atoms with Gasteiger partial charge in [-0.15, -0.1) is 0 Å². The summed E-state index contributed by atoms with van der Waals surface area (Å²) in [7, 11) is 3.19. The van der Waals surface area contributed by atoms with E-state index in [1.165, 1.54) is 24.1 Å². The largest absolute Gasteiger partial charge is 0.389 e. The van der Waals surface area contributed by atoms with Crippen molar-refractivity contribution < 1.29 is 19.0 Å². The van der Waals surface area contributed by atoms with Crippen LogP contribution in [0, 0.1) is 11.7 Å². The first-order chi connectivity index (χ1) is 9.52. The maximum Gasteiger partial charge on any atom is 0.226 e. The average molecular weight is 281 g/mol. The lowest BCUT2D eigenvalue weighted by Crippen LogP contribution is -2.37. The molecular weight excluding hydrogens is 261 g/mol. The van der Waals surface area contributed by atoms with Gasteiger partial charge in [0.2, 0.25) is 5.91 Å². The first kappa shape index (κ1) is 14.9. The van der Waals surface area contributed by atoms with Crippen molar-refractivity contribution in [1.82, 2.24) is 4.90 Å². The summed E-state index contributed by atoms with van der Waals surface area (Å²) in [6, 6.07) is 6.29. The van der Waals surface area contributed by atoms with Crippen molar-refractivity contribution in [2.75, 3.05) is 27.3 Å². The van der Waals surface area contributed by atoms with Gasteiger partial charge in [-0.05, 0) is 30.0 Å². The van der Waals surface area contributed by atoms with Crippen LogP contribution in [0.1, 0.15) is 17.9 Å². The summed E-state index contributed by atoms with van der Waals surface area (Å²) in [5, 5.41) is 9.62. The van der Waals surface area contributed by atoms with Crippen LogP contribution in [0.25, 0.3) is 0 Å². The molecule has 1 fully saturated rings. The van der Waals surface area contributed by atoms with Crippen LogP contribution >= 0.6 is 0 Å². The minimum absolute atomic E-state index is 0.0227. The average Bonchev–Trinajstić information content (AvgIpc) is 3.19. The molecule has 1 N–H and O–H groups in total. The molecule has 0 spiro atoms. The molecule has 3 unspecified atom stereocenters. The quantitative estimate of drug-likeness (QED) is 0.857. The van der Waals surface area contributed by atoms with Crippen LogP contribution in [-0.4, -0.2) is 49.3 Å².